The molecule has 0 unspecified atom stereocenters. The lowest BCUT2D eigenvalue weighted by atomic mass is 10.1. The first kappa shape index (κ1) is 19.3. The van der Waals surface area contributed by atoms with E-state index in [-0.39, 0.29) is 11.5 Å². The summed E-state index contributed by atoms with van der Waals surface area (Å²) in [6.45, 7) is 3.87. The van der Waals surface area contributed by atoms with Gasteiger partial charge in [-0.15, -0.1) is 0 Å². The molecular weight excluding hydrogens is 409 g/mol. The zero-order valence-corrected chi connectivity index (χ0v) is 17.3. The van der Waals surface area contributed by atoms with Gasteiger partial charge in [-0.1, -0.05) is 41.4 Å². The molecule has 2 heterocycles. The minimum absolute atomic E-state index is 0.0863. The Hall–Kier alpha value is -3.02. The van der Waals surface area contributed by atoms with Crippen LogP contribution >= 0.6 is 23.2 Å². The number of amides is 2. The van der Waals surface area contributed by atoms with Crippen LogP contribution < -0.4 is 10.4 Å². The number of aryl methyl sites for hydroxylation is 1. The van der Waals surface area contributed by atoms with E-state index in [0.29, 0.717) is 15.7 Å². The summed E-state index contributed by atoms with van der Waals surface area (Å²) in [5, 5.41) is 2.20. The zero-order chi connectivity index (χ0) is 20.7. The van der Waals surface area contributed by atoms with Gasteiger partial charge >= 0.3 is 0 Å². The maximum absolute atomic E-state index is 12.8. The van der Waals surface area contributed by atoms with Crippen LogP contribution in [0.1, 0.15) is 17.0 Å². The molecule has 3 aromatic rings. The van der Waals surface area contributed by atoms with Crippen LogP contribution in [0.4, 0.5) is 5.69 Å². The molecule has 1 saturated heterocycles. The minimum Gasteiger partial charge on any atom is -0.318 e. The number of anilines is 1. The Kier molecular flexibility index (Phi) is 4.94. The van der Waals surface area contributed by atoms with Crippen LogP contribution in [0.25, 0.3) is 11.8 Å². The lowest BCUT2D eigenvalue weighted by molar-refractivity contribution is -0.117. The molecule has 146 valence electrons. The van der Waals surface area contributed by atoms with Crippen molar-refractivity contribution in [2.45, 2.75) is 13.8 Å². The van der Waals surface area contributed by atoms with Gasteiger partial charge in [-0.25, -0.2) is 5.01 Å². The number of rotatable bonds is 3. The van der Waals surface area contributed by atoms with Crippen molar-refractivity contribution in [2.75, 3.05) is 5.01 Å². The number of aromatic nitrogens is 1. The standard InChI is InChI=1S/C22H17Cl2N3O2/c1-13-10-15(14(2)26(13)17-8-9-19(23)20(24)12-17)11-18-21(28)25-27(22(18)29)16-6-4-3-5-7-16/h3-12H,1-2H3,(H,25,28). The molecule has 1 fully saturated rings. The highest BCUT2D eigenvalue weighted by Gasteiger charge is 2.34. The number of hydrazine groups is 1. The summed E-state index contributed by atoms with van der Waals surface area (Å²) in [6.07, 6.45) is 1.62. The Morgan fingerprint density at radius 2 is 1.62 bits per heavy atom. The van der Waals surface area contributed by atoms with Crippen LogP contribution in [0.15, 0.2) is 60.2 Å². The van der Waals surface area contributed by atoms with Crippen LogP contribution in [0.2, 0.25) is 10.0 Å². The average Bonchev–Trinajstić information content (AvgIpc) is 3.15. The number of carbonyl (C=O) groups is 2. The monoisotopic (exact) mass is 425 g/mol. The third kappa shape index (κ3) is 3.43. The molecule has 2 aromatic carbocycles. The fraction of sp³-hybridized carbons (Fsp3) is 0.0909. The number of halogens is 2. The molecule has 0 atom stereocenters. The Morgan fingerprint density at radius 1 is 0.897 bits per heavy atom. The van der Waals surface area contributed by atoms with E-state index in [4.69, 9.17) is 23.2 Å². The van der Waals surface area contributed by atoms with Gasteiger partial charge in [-0.2, -0.15) is 0 Å². The van der Waals surface area contributed by atoms with Gasteiger partial charge in [0, 0.05) is 17.1 Å². The third-order valence-corrected chi connectivity index (χ3v) is 5.58. The van der Waals surface area contributed by atoms with Gasteiger partial charge in [-0.3, -0.25) is 15.0 Å². The lowest BCUT2D eigenvalue weighted by Crippen LogP contribution is -2.35. The molecule has 1 aliphatic heterocycles. The Balaban J connectivity index is 1.73. The van der Waals surface area contributed by atoms with E-state index in [1.165, 1.54) is 5.01 Å². The van der Waals surface area contributed by atoms with Gasteiger partial charge in [0.15, 0.2) is 0 Å². The van der Waals surface area contributed by atoms with Crippen molar-refractivity contribution in [3.63, 3.8) is 0 Å². The third-order valence-electron chi connectivity index (χ3n) is 4.84. The molecule has 0 radical (unpaired) electrons. The smallest absolute Gasteiger partial charge is 0.282 e. The van der Waals surface area contributed by atoms with Crippen molar-refractivity contribution in [2.24, 2.45) is 0 Å². The highest BCUT2D eigenvalue weighted by Crippen LogP contribution is 2.29. The predicted molar refractivity (Wildman–Crippen MR) is 115 cm³/mol. The van der Waals surface area contributed by atoms with Crippen LogP contribution in [0.5, 0.6) is 0 Å². The van der Waals surface area contributed by atoms with Crippen LogP contribution in [-0.4, -0.2) is 16.4 Å². The molecule has 1 aromatic heterocycles. The first-order chi connectivity index (χ1) is 13.9. The summed E-state index contributed by atoms with van der Waals surface area (Å²) < 4.78 is 2.00. The lowest BCUT2D eigenvalue weighted by Gasteiger charge is -2.13. The highest BCUT2D eigenvalue weighted by atomic mass is 35.5. The van der Waals surface area contributed by atoms with Gasteiger partial charge in [0.1, 0.15) is 5.57 Å². The molecule has 1 aliphatic rings. The van der Waals surface area contributed by atoms with Crippen LogP contribution in [0.3, 0.4) is 0 Å². The maximum Gasteiger partial charge on any atom is 0.282 e. The molecule has 2 amide bonds. The fourth-order valence-electron chi connectivity index (χ4n) is 3.43. The van der Waals surface area contributed by atoms with Gasteiger partial charge < -0.3 is 4.57 Å². The molecule has 0 bridgehead atoms. The second-order valence-corrected chi connectivity index (χ2v) is 7.55. The molecule has 7 heteroatoms. The maximum atomic E-state index is 12.8. The Bertz CT molecular complexity index is 1170. The van der Waals surface area contributed by atoms with E-state index in [9.17, 15) is 9.59 Å². The van der Waals surface area contributed by atoms with Crippen molar-refractivity contribution in [1.29, 1.82) is 0 Å². The van der Waals surface area contributed by atoms with Gasteiger partial charge in [-0.05, 0) is 61.9 Å². The topological polar surface area (TPSA) is 54.3 Å². The van der Waals surface area contributed by atoms with Crippen molar-refractivity contribution in [3.05, 3.63) is 87.2 Å². The quantitative estimate of drug-likeness (QED) is 0.480. The number of carbonyl (C=O) groups excluding carboxylic acids is 2. The van der Waals surface area contributed by atoms with E-state index < -0.39 is 5.91 Å². The molecule has 1 N–H and O–H groups in total. The van der Waals surface area contributed by atoms with E-state index in [0.717, 1.165) is 22.6 Å². The number of nitrogens with zero attached hydrogens (tertiary/aromatic N) is 2. The summed E-state index contributed by atoms with van der Waals surface area (Å²) in [5.41, 5.74) is 6.77. The van der Waals surface area contributed by atoms with Gasteiger partial charge in [0.25, 0.3) is 11.8 Å². The molecule has 29 heavy (non-hydrogen) atoms. The SMILES string of the molecule is Cc1cc(C=C2C(=O)NN(c3ccccc3)C2=O)c(C)n1-c1ccc(Cl)c(Cl)c1. The number of nitrogens with one attached hydrogen (secondary N) is 1. The summed E-state index contributed by atoms with van der Waals surface area (Å²) in [4.78, 5) is 25.3. The molecule has 0 aliphatic carbocycles. The van der Waals surface area contributed by atoms with Crippen molar-refractivity contribution >= 4 is 46.8 Å². The van der Waals surface area contributed by atoms with E-state index >= 15 is 0 Å². The predicted octanol–water partition coefficient (Wildman–Crippen LogP) is 4.86. The zero-order valence-electron chi connectivity index (χ0n) is 15.7. The van der Waals surface area contributed by atoms with Crippen molar-refractivity contribution in [1.82, 2.24) is 9.99 Å². The van der Waals surface area contributed by atoms with E-state index in [2.05, 4.69) is 5.43 Å². The number of hydrogen-bond acceptors (Lipinski definition) is 2. The fourth-order valence-corrected chi connectivity index (χ4v) is 3.72. The number of hydrogen-bond donors (Lipinski definition) is 1. The average molecular weight is 426 g/mol. The highest BCUT2D eigenvalue weighted by molar-refractivity contribution is 6.42. The van der Waals surface area contributed by atoms with Crippen LogP contribution in [0, 0.1) is 13.8 Å². The number of para-hydroxylation sites is 1. The minimum atomic E-state index is -0.432. The first-order valence-electron chi connectivity index (χ1n) is 8.93. The van der Waals surface area contributed by atoms with E-state index in [1.54, 1.807) is 42.5 Å². The summed E-state index contributed by atoms with van der Waals surface area (Å²) in [5.74, 6) is -0.821. The second kappa shape index (κ2) is 7.43. The molecule has 4 rings (SSSR count). The van der Waals surface area contributed by atoms with Gasteiger partial charge in [0.2, 0.25) is 0 Å². The van der Waals surface area contributed by atoms with Crippen molar-refractivity contribution in [3.8, 4) is 5.69 Å². The summed E-state index contributed by atoms with van der Waals surface area (Å²) in [7, 11) is 0. The van der Waals surface area contributed by atoms with Gasteiger partial charge in [0.05, 0.1) is 15.7 Å². The largest absolute Gasteiger partial charge is 0.318 e. The normalized spacial score (nSPS) is 15.3. The second-order valence-electron chi connectivity index (χ2n) is 6.74. The Labute approximate surface area is 178 Å². The molecule has 0 spiro atoms. The first-order valence-corrected chi connectivity index (χ1v) is 9.69. The van der Waals surface area contributed by atoms with E-state index in [1.807, 2.05) is 36.6 Å². The molecular formula is C22H17Cl2N3O2. The van der Waals surface area contributed by atoms with Crippen molar-refractivity contribution < 1.29 is 9.59 Å². The number of benzene rings is 2. The Morgan fingerprint density at radius 3 is 2.31 bits per heavy atom. The summed E-state index contributed by atoms with van der Waals surface area (Å²) >= 11 is 12.2. The molecule has 0 saturated carbocycles. The summed E-state index contributed by atoms with van der Waals surface area (Å²) in [6, 6.07) is 16.3. The molecule has 5 nitrogen and oxygen atoms in total. The van der Waals surface area contributed by atoms with Crippen LogP contribution in [-0.2, 0) is 9.59 Å².